The average molecular weight is 145 g/mol. The molecule has 0 aromatic rings. The molecule has 0 atom stereocenters. The van der Waals surface area contributed by atoms with Gasteiger partial charge in [0.15, 0.2) is 0 Å². The van der Waals surface area contributed by atoms with Gasteiger partial charge in [-0.25, -0.2) is 0 Å². The van der Waals surface area contributed by atoms with Gasteiger partial charge < -0.3 is 10.5 Å². The normalized spacial score (nSPS) is 8.10. The molecule has 10 heavy (non-hydrogen) atoms. The van der Waals surface area contributed by atoms with Crippen molar-refractivity contribution in [1.82, 2.24) is 0 Å². The molecule has 0 bridgehead atoms. The van der Waals surface area contributed by atoms with Gasteiger partial charge in [-0.05, 0) is 13.8 Å². The predicted molar refractivity (Wildman–Crippen MR) is 40.4 cm³/mol. The minimum atomic E-state index is -0.241. The van der Waals surface area contributed by atoms with Crippen LogP contribution in [-0.4, -0.2) is 11.7 Å². The van der Waals surface area contributed by atoms with Crippen LogP contribution in [-0.2, 0) is 9.59 Å². The Morgan fingerprint density at radius 2 is 1.30 bits per heavy atom. The second kappa shape index (κ2) is 6.26. The lowest BCUT2D eigenvalue weighted by molar-refractivity contribution is -0.120. The Labute approximate surface area is 61.6 Å². The van der Waals surface area contributed by atoms with Crippen molar-refractivity contribution in [3.05, 3.63) is 0 Å². The van der Waals surface area contributed by atoms with Crippen molar-refractivity contribution in [3.63, 3.8) is 0 Å². The molecule has 0 spiro atoms. The summed E-state index contributed by atoms with van der Waals surface area (Å²) >= 11 is 0. The summed E-state index contributed by atoms with van der Waals surface area (Å²) in [6.07, 6.45) is 0. The zero-order valence-corrected chi connectivity index (χ0v) is 6.97. The lowest BCUT2D eigenvalue weighted by Gasteiger charge is -1.90. The van der Waals surface area contributed by atoms with Gasteiger partial charge in [0.1, 0.15) is 5.78 Å². The monoisotopic (exact) mass is 145 g/mol. The van der Waals surface area contributed by atoms with E-state index in [-0.39, 0.29) is 17.6 Å². The first-order valence-corrected chi connectivity index (χ1v) is 3.14. The quantitative estimate of drug-likeness (QED) is 0.591. The molecule has 0 aliphatic carbocycles. The van der Waals surface area contributed by atoms with E-state index >= 15 is 0 Å². The smallest absolute Gasteiger partial charge is 0.219 e. The molecule has 0 radical (unpaired) electrons. The lowest BCUT2D eigenvalue weighted by Crippen LogP contribution is -2.17. The number of primary amides is 1. The molecule has 0 unspecified atom stereocenters. The Kier molecular flexibility index (Phi) is 7.44. The number of amides is 1. The molecule has 2 N–H and O–H groups in total. The summed E-state index contributed by atoms with van der Waals surface area (Å²) in [5, 5.41) is 0. The van der Waals surface area contributed by atoms with Crippen LogP contribution < -0.4 is 5.73 Å². The highest BCUT2D eigenvalue weighted by Crippen LogP contribution is 1.84. The minimum absolute atomic E-state index is 0.00926. The van der Waals surface area contributed by atoms with Crippen LogP contribution in [0.2, 0.25) is 0 Å². The zero-order valence-electron chi connectivity index (χ0n) is 6.97. The fraction of sp³-hybridized carbons (Fsp3) is 0.714. The van der Waals surface area contributed by atoms with Crippen molar-refractivity contribution in [2.45, 2.75) is 27.7 Å². The van der Waals surface area contributed by atoms with Gasteiger partial charge in [0.05, 0.1) is 0 Å². The molecule has 60 valence electrons. The molecule has 1 amide bonds. The fourth-order valence-corrected chi connectivity index (χ4v) is 0. The number of carbonyl (C=O) groups excluding carboxylic acids is 2. The van der Waals surface area contributed by atoms with Crippen molar-refractivity contribution in [2.24, 2.45) is 11.7 Å². The Morgan fingerprint density at radius 1 is 1.20 bits per heavy atom. The van der Waals surface area contributed by atoms with Crippen LogP contribution in [0.4, 0.5) is 0 Å². The van der Waals surface area contributed by atoms with E-state index in [0.717, 1.165) is 0 Å². The molecule has 3 nitrogen and oxygen atoms in total. The number of ketones is 1. The van der Waals surface area contributed by atoms with E-state index in [4.69, 9.17) is 5.73 Å². The summed E-state index contributed by atoms with van der Waals surface area (Å²) in [7, 11) is 0. The molecule has 0 fully saturated rings. The Balaban J connectivity index is 0. The van der Waals surface area contributed by atoms with Gasteiger partial charge in [-0.15, -0.1) is 0 Å². The van der Waals surface area contributed by atoms with E-state index in [1.165, 1.54) is 13.8 Å². The summed E-state index contributed by atoms with van der Waals surface area (Å²) < 4.78 is 0. The van der Waals surface area contributed by atoms with Gasteiger partial charge in [0.2, 0.25) is 5.91 Å². The first kappa shape index (κ1) is 11.9. The number of hydrogen-bond acceptors (Lipinski definition) is 2. The van der Waals surface area contributed by atoms with E-state index < -0.39 is 0 Å². The summed E-state index contributed by atoms with van der Waals surface area (Å²) in [6, 6.07) is 0. The van der Waals surface area contributed by atoms with E-state index in [2.05, 4.69) is 0 Å². The van der Waals surface area contributed by atoms with E-state index in [0.29, 0.717) is 0 Å². The maximum Gasteiger partial charge on any atom is 0.219 e. The second-order valence-electron chi connectivity index (χ2n) is 2.47. The van der Waals surface area contributed by atoms with Gasteiger partial charge in [0.25, 0.3) is 0 Å². The van der Waals surface area contributed by atoms with Crippen molar-refractivity contribution < 1.29 is 9.59 Å². The number of carbonyl (C=O) groups is 2. The van der Waals surface area contributed by atoms with Gasteiger partial charge in [-0.2, -0.15) is 0 Å². The highest BCUT2D eigenvalue weighted by molar-refractivity contribution is 5.75. The van der Waals surface area contributed by atoms with Crippen molar-refractivity contribution in [3.8, 4) is 0 Å². The Morgan fingerprint density at radius 3 is 1.30 bits per heavy atom. The molecule has 0 heterocycles. The van der Waals surface area contributed by atoms with Gasteiger partial charge in [0, 0.05) is 5.92 Å². The van der Waals surface area contributed by atoms with Crippen LogP contribution in [0.25, 0.3) is 0 Å². The topological polar surface area (TPSA) is 60.2 Å². The van der Waals surface area contributed by atoms with Crippen LogP contribution in [0.15, 0.2) is 0 Å². The van der Waals surface area contributed by atoms with Gasteiger partial charge in [-0.1, -0.05) is 13.8 Å². The van der Waals surface area contributed by atoms with E-state index in [1.807, 2.05) is 0 Å². The molecule has 0 aromatic carbocycles. The fourth-order valence-electron chi connectivity index (χ4n) is 0. The molecule has 0 aromatic heterocycles. The first-order chi connectivity index (χ1) is 4.37. The lowest BCUT2D eigenvalue weighted by atomic mass is 10.2. The Bertz CT molecular complexity index is 115. The summed E-state index contributed by atoms with van der Waals surface area (Å²) in [5.74, 6) is -0.0833. The zero-order chi connectivity index (χ0) is 8.73. The summed E-state index contributed by atoms with van der Waals surface area (Å²) in [6.45, 7) is 6.59. The van der Waals surface area contributed by atoms with Crippen LogP contribution in [0.3, 0.4) is 0 Å². The predicted octanol–water partition coefficient (Wildman–Crippen LogP) is 0.723. The maximum atomic E-state index is 9.92. The summed E-state index contributed by atoms with van der Waals surface area (Å²) in [5.41, 5.74) is 4.80. The largest absolute Gasteiger partial charge is 0.369 e. The standard InChI is InChI=1S/C4H9NO.C3H6O/c1-3(2)4(5)6;1-3(2)4/h3H,1-2H3,(H2,5,6);1-2H3. The molecule has 0 aliphatic rings. The summed E-state index contributed by atoms with van der Waals surface area (Å²) in [4.78, 5) is 19.4. The molecule has 0 rings (SSSR count). The molecular formula is C7H15NO2. The second-order valence-corrected chi connectivity index (χ2v) is 2.47. The van der Waals surface area contributed by atoms with Gasteiger partial charge >= 0.3 is 0 Å². The number of hydrogen-bond donors (Lipinski definition) is 1. The van der Waals surface area contributed by atoms with Gasteiger partial charge in [-0.3, -0.25) is 4.79 Å². The highest BCUT2D eigenvalue weighted by Gasteiger charge is 1.96. The first-order valence-electron chi connectivity index (χ1n) is 3.14. The Hall–Kier alpha value is -0.860. The molecule has 0 aliphatic heterocycles. The molecule has 0 saturated heterocycles. The third-order valence-electron chi connectivity index (χ3n) is 0.569. The van der Waals surface area contributed by atoms with E-state index in [1.54, 1.807) is 13.8 Å². The van der Waals surface area contributed by atoms with Crippen LogP contribution in [0, 0.1) is 5.92 Å². The third-order valence-corrected chi connectivity index (χ3v) is 0.569. The molecular weight excluding hydrogens is 130 g/mol. The van der Waals surface area contributed by atoms with Crippen LogP contribution >= 0.6 is 0 Å². The van der Waals surface area contributed by atoms with Crippen molar-refractivity contribution >= 4 is 11.7 Å². The highest BCUT2D eigenvalue weighted by atomic mass is 16.1. The van der Waals surface area contributed by atoms with E-state index in [9.17, 15) is 9.59 Å². The van der Waals surface area contributed by atoms with Crippen molar-refractivity contribution in [2.75, 3.05) is 0 Å². The third kappa shape index (κ3) is 27.3. The average Bonchev–Trinajstić information content (AvgIpc) is 1.63. The minimum Gasteiger partial charge on any atom is -0.369 e. The number of Topliss-reactive ketones (excluding diaryl/α,β-unsaturated/α-hetero) is 1. The maximum absolute atomic E-state index is 9.92. The number of nitrogens with two attached hydrogens (primary N) is 1. The molecule has 0 saturated carbocycles. The van der Waals surface area contributed by atoms with Crippen molar-refractivity contribution in [1.29, 1.82) is 0 Å². The number of rotatable bonds is 1. The molecule has 3 heteroatoms. The van der Waals surface area contributed by atoms with Crippen LogP contribution in [0.1, 0.15) is 27.7 Å². The van der Waals surface area contributed by atoms with Crippen LogP contribution in [0.5, 0.6) is 0 Å². The SMILES string of the molecule is CC(C)=O.CC(C)C(N)=O.